The van der Waals surface area contributed by atoms with Crippen LogP contribution in [-0.4, -0.2) is 79.4 Å². The number of aliphatic imine (C=N–C) groups is 1. The van der Waals surface area contributed by atoms with Gasteiger partial charge in [-0.1, -0.05) is 11.6 Å². The molecule has 1 N–H and O–H groups in total. The maximum Gasteiger partial charge on any atom is 0.129 e. The van der Waals surface area contributed by atoms with Crippen molar-refractivity contribution in [1.29, 1.82) is 5.41 Å². The molecule has 2 unspecified atom stereocenters. The van der Waals surface area contributed by atoms with E-state index in [0.29, 0.717) is 11.7 Å². The van der Waals surface area contributed by atoms with Crippen LogP contribution in [0.2, 0.25) is 5.15 Å². The van der Waals surface area contributed by atoms with Gasteiger partial charge in [-0.15, -0.1) is 0 Å². The van der Waals surface area contributed by atoms with Crippen molar-refractivity contribution >= 4 is 35.1 Å². The monoisotopic (exact) mass is 429 g/mol. The highest BCUT2D eigenvalue weighted by Crippen LogP contribution is 2.29. The highest BCUT2D eigenvalue weighted by molar-refractivity contribution is 6.29. The van der Waals surface area contributed by atoms with Crippen molar-refractivity contribution in [2.24, 2.45) is 10.9 Å². The standard InChI is InChI=1S/C22H28ClN5O2/c23-22-4-3-20-21(27-22)9-17(12-26-20)18(10-24)11-25-13-19(30-15-16-1-2-16)14-28-5-7-29-8-6-28/h3-4,9-12,16,18-19,24H,1-2,5-8,13-15H2. The zero-order chi connectivity index (χ0) is 20.8. The predicted octanol–water partition coefficient (Wildman–Crippen LogP) is 3.21. The minimum Gasteiger partial charge on any atom is -0.379 e. The van der Waals surface area contributed by atoms with Gasteiger partial charge in [-0.05, 0) is 42.5 Å². The molecule has 0 radical (unpaired) electrons. The van der Waals surface area contributed by atoms with Gasteiger partial charge in [0, 0.05) is 44.9 Å². The van der Waals surface area contributed by atoms with Crippen molar-refractivity contribution in [2.75, 3.05) is 46.0 Å². The van der Waals surface area contributed by atoms with Crippen molar-refractivity contribution in [3.8, 4) is 0 Å². The number of nitrogens with zero attached hydrogens (tertiary/aromatic N) is 4. The van der Waals surface area contributed by atoms with Gasteiger partial charge in [-0.2, -0.15) is 0 Å². The molecule has 160 valence electrons. The normalized spacial score (nSPS) is 19.9. The number of hydrogen-bond donors (Lipinski definition) is 1. The van der Waals surface area contributed by atoms with E-state index in [1.165, 1.54) is 19.1 Å². The average molecular weight is 430 g/mol. The molecule has 2 aliphatic rings. The van der Waals surface area contributed by atoms with E-state index >= 15 is 0 Å². The van der Waals surface area contributed by atoms with Crippen LogP contribution < -0.4 is 0 Å². The first-order valence-electron chi connectivity index (χ1n) is 10.6. The van der Waals surface area contributed by atoms with Gasteiger partial charge < -0.3 is 14.9 Å². The Morgan fingerprint density at radius 3 is 2.90 bits per heavy atom. The molecular formula is C22H28ClN5O2. The topological polar surface area (TPSA) is 83.7 Å². The number of halogens is 1. The van der Waals surface area contributed by atoms with Crippen LogP contribution in [-0.2, 0) is 9.47 Å². The maximum absolute atomic E-state index is 7.84. The molecule has 2 fully saturated rings. The van der Waals surface area contributed by atoms with Crippen molar-refractivity contribution < 1.29 is 9.47 Å². The molecule has 1 saturated heterocycles. The summed E-state index contributed by atoms with van der Waals surface area (Å²) in [7, 11) is 0. The zero-order valence-corrected chi connectivity index (χ0v) is 17.8. The molecule has 0 bridgehead atoms. The molecule has 30 heavy (non-hydrogen) atoms. The van der Waals surface area contributed by atoms with Crippen molar-refractivity contribution in [1.82, 2.24) is 14.9 Å². The SMILES string of the molecule is N=CC(C=NCC(CN1CCOCC1)OCC1CC1)c1cnc2ccc(Cl)nc2c1. The molecule has 1 aliphatic heterocycles. The summed E-state index contributed by atoms with van der Waals surface area (Å²) in [4.78, 5) is 15.8. The lowest BCUT2D eigenvalue weighted by molar-refractivity contribution is -0.0112. The molecule has 7 nitrogen and oxygen atoms in total. The van der Waals surface area contributed by atoms with Gasteiger partial charge in [0.1, 0.15) is 5.15 Å². The smallest absolute Gasteiger partial charge is 0.129 e. The van der Waals surface area contributed by atoms with Crippen molar-refractivity contribution in [3.63, 3.8) is 0 Å². The highest BCUT2D eigenvalue weighted by atomic mass is 35.5. The lowest BCUT2D eigenvalue weighted by atomic mass is 10.0. The van der Waals surface area contributed by atoms with Crippen LogP contribution in [0.1, 0.15) is 24.3 Å². The summed E-state index contributed by atoms with van der Waals surface area (Å²) in [6, 6.07) is 5.49. The first-order valence-corrected chi connectivity index (χ1v) is 10.9. The molecule has 1 saturated carbocycles. The first kappa shape index (κ1) is 21.3. The fraction of sp³-hybridized carbons (Fsp3) is 0.545. The number of ether oxygens (including phenoxy) is 2. The lowest BCUT2D eigenvalue weighted by Crippen LogP contribution is -2.42. The Bertz CT molecular complexity index is 883. The molecule has 0 aromatic carbocycles. The van der Waals surface area contributed by atoms with E-state index < -0.39 is 0 Å². The van der Waals surface area contributed by atoms with Crippen molar-refractivity contribution in [3.05, 3.63) is 35.1 Å². The Labute approximate surface area is 182 Å². The molecule has 8 heteroatoms. The molecular weight excluding hydrogens is 402 g/mol. The largest absolute Gasteiger partial charge is 0.379 e. The second kappa shape index (κ2) is 10.4. The number of rotatable bonds is 10. The fourth-order valence-electron chi connectivity index (χ4n) is 3.49. The van der Waals surface area contributed by atoms with Gasteiger partial charge in [0.15, 0.2) is 0 Å². The first-order chi connectivity index (χ1) is 14.7. The molecule has 4 rings (SSSR count). The van der Waals surface area contributed by atoms with Gasteiger partial charge in [0.2, 0.25) is 0 Å². The predicted molar refractivity (Wildman–Crippen MR) is 119 cm³/mol. The number of pyridine rings is 2. The van der Waals surface area contributed by atoms with Crippen LogP contribution >= 0.6 is 11.6 Å². The van der Waals surface area contributed by atoms with Gasteiger partial charge in [-0.3, -0.25) is 14.9 Å². The third kappa shape index (κ3) is 6.04. The minimum atomic E-state index is -0.254. The van der Waals surface area contributed by atoms with Gasteiger partial charge in [0.25, 0.3) is 0 Å². The van der Waals surface area contributed by atoms with Crippen LogP contribution in [0.15, 0.2) is 29.4 Å². The lowest BCUT2D eigenvalue weighted by Gasteiger charge is -2.30. The average Bonchev–Trinajstić information content (AvgIpc) is 3.59. The molecule has 3 heterocycles. The maximum atomic E-state index is 7.84. The van der Waals surface area contributed by atoms with E-state index in [1.54, 1.807) is 12.3 Å². The summed E-state index contributed by atoms with van der Waals surface area (Å²) in [5.74, 6) is 0.466. The van der Waals surface area contributed by atoms with Crippen molar-refractivity contribution in [2.45, 2.75) is 24.9 Å². The summed E-state index contributed by atoms with van der Waals surface area (Å²) in [6.45, 7) is 5.70. The summed E-state index contributed by atoms with van der Waals surface area (Å²) in [5, 5.41) is 8.27. The van der Waals surface area contributed by atoms with E-state index in [1.807, 2.05) is 18.3 Å². The van der Waals surface area contributed by atoms with Crippen LogP contribution in [0.25, 0.3) is 11.0 Å². The summed E-state index contributed by atoms with van der Waals surface area (Å²) >= 11 is 6.00. The summed E-state index contributed by atoms with van der Waals surface area (Å²) < 4.78 is 11.6. The van der Waals surface area contributed by atoms with E-state index in [-0.39, 0.29) is 12.0 Å². The number of fused-ring (bicyclic) bond motifs is 1. The van der Waals surface area contributed by atoms with E-state index in [0.717, 1.165) is 62.0 Å². The Morgan fingerprint density at radius 1 is 1.30 bits per heavy atom. The molecule has 0 spiro atoms. The number of morpholine rings is 1. The van der Waals surface area contributed by atoms with Crippen LogP contribution in [0.3, 0.4) is 0 Å². The highest BCUT2D eigenvalue weighted by Gasteiger charge is 2.24. The van der Waals surface area contributed by atoms with Crippen LogP contribution in [0, 0.1) is 11.3 Å². The molecule has 2 aromatic rings. The molecule has 1 aliphatic carbocycles. The van der Waals surface area contributed by atoms with Gasteiger partial charge >= 0.3 is 0 Å². The zero-order valence-electron chi connectivity index (χ0n) is 17.0. The number of aromatic nitrogens is 2. The Kier molecular flexibility index (Phi) is 7.38. The van der Waals surface area contributed by atoms with Gasteiger partial charge in [-0.25, -0.2) is 4.98 Å². The minimum absolute atomic E-state index is 0.0570. The van der Waals surface area contributed by atoms with E-state index in [4.69, 9.17) is 26.5 Å². The number of nitrogens with one attached hydrogen (secondary N) is 1. The third-order valence-electron chi connectivity index (χ3n) is 5.49. The summed E-state index contributed by atoms with van der Waals surface area (Å²) in [6.07, 6.45) is 7.56. The Balaban J connectivity index is 1.39. The third-order valence-corrected chi connectivity index (χ3v) is 5.70. The molecule has 0 amide bonds. The second-order valence-corrected chi connectivity index (χ2v) is 8.35. The van der Waals surface area contributed by atoms with Crippen LogP contribution in [0.5, 0.6) is 0 Å². The Morgan fingerprint density at radius 2 is 2.13 bits per heavy atom. The fourth-order valence-corrected chi connectivity index (χ4v) is 3.64. The molecule has 2 aromatic heterocycles. The van der Waals surface area contributed by atoms with Gasteiger partial charge in [0.05, 0.1) is 42.8 Å². The second-order valence-electron chi connectivity index (χ2n) is 7.96. The number of hydrogen-bond acceptors (Lipinski definition) is 7. The van der Waals surface area contributed by atoms with E-state index in [2.05, 4.69) is 19.9 Å². The quantitative estimate of drug-likeness (QED) is 0.463. The Hall–Kier alpha value is -1.93. The molecule has 2 atom stereocenters. The van der Waals surface area contributed by atoms with E-state index in [9.17, 15) is 0 Å². The summed E-state index contributed by atoms with van der Waals surface area (Å²) in [5.41, 5.74) is 2.38. The van der Waals surface area contributed by atoms with Crippen LogP contribution in [0.4, 0.5) is 0 Å².